The lowest BCUT2D eigenvalue weighted by molar-refractivity contribution is -0.175. The van der Waals surface area contributed by atoms with Crippen LogP contribution in [0.5, 0.6) is 0 Å². The molecule has 0 bridgehead atoms. The molecule has 1 unspecified atom stereocenters. The van der Waals surface area contributed by atoms with E-state index in [9.17, 15) is 15.0 Å². The summed E-state index contributed by atoms with van der Waals surface area (Å²) in [6.07, 6.45) is 5.10. The summed E-state index contributed by atoms with van der Waals surface area (Å²) in [6.45, 7) is 0. The van der Waals surface area contributed by atoms with Gasteiger partial charge >= 0.3 is 5.97 Å². The van der Waals surface area contributed by atoms with Crippen molar-refractivity contribution in [3.63, 3.8) is 0 Å². The van der Waals surface area contributed by atoms with Gasteiger partial charge in [0.15, 0.2) is 5.76 Å². The van der Waals surface area contributed by atoms with Crippen LogP contribution in [0.4, 0.5) is 0 Å². The third-order valence-corrected chi connectivity index (χ3v) is 2.08. The molecule has 1 aliphatic rings. The Labute approximate surface area is 86.6 Å². The number of hydrogen-bond donors (Lipinski definition) is 3. The third kappa shape index (κ3) is 2.68. The van der Waals surface area contributed by atoms with Gasteiger partial charge in [0, 0.05) is 19.6 Å². The number of aliphatic hydroxyl groups excluding tert-OH is 1. The Kier molecular flexibility index (Phi) is 3.28. The highest BCUT2D eigenvalue weighted by molar-refractivity contribution is 5.80. The van der Waals surface area contributed by atoms with Crippen molar-refractivity contribution < 1.29 is 24.9 Å². The van der Waals surface area contributed by atoms with E-state index in [-0.39, 0.29) is 12.2 Å². The molecule has 0 aliphatic heterocycles. The van der Waals surface area contributed by atoms with Crippen LogP contribution in [0.3, 0.4) is 0 Å². The predicted octanol–water partition coefficient (Wildman–Crippen LogP) is 0.734. The molecule has 0 aromatic heterocycles. The SMILES string of the molecule is COC1(O)CC(/C=C/C(=O)O)=CC=C1O. The average molecular weight is 212 g/mol. The first kappa shape index (κ1) is 11.5. The lowest BCUT2D eigenvalue weighted by Crippen LogP contribution is -2.35. The maximum absolute atomic E-state index is 10.3. The van der Waals surface area contributed by atoms with E-state index in [2.05, 4.69) is 0 Å². The first-order valence-corrected chi connectivity index (χ1v) is 4.27. The number of aliphatic hydroxyl groups is 2. The number of carboxylic acid groups (broad SMARTS) is 1. The normalized spacial score (nSPS) is 26.3. The standard InChI is InChI=1S/C10H12O5/c1-15-10(14)6-7(2-4-8(10)11)3-5-9(12)13/h2-5,11,14H,6H2,1H3,(H,12,13)/b5-3+. The summed E-state index contributed by atoms with van der Waals surface area (Å²) in [6, 6.07) is 0. The molecule has 0 spiro atoms. The van der Waals surface area contributed by atoms with Gasteiger partial charge in [-0.05, 0) is 11.6 Å². The van der Waals surface area contributed by atoms with E-state index in [4.69, 9.17) is 9.84 Å². The van der Waals surface area contributed by atoms with Gasteiger partial charge in [0.2, 0.25) is 5.79 Å². The van der Waals surface area contributed by atoms with Crippen molar-refractivity contribution in [1.29, 1.82) is 0 Å². The van der Waals surface area contributed by atoms with Crippen molar-refractivity contribution in [1.82, 2.24) is 0 Å². The van der Waals surface area contributed by atoms with Crippen LogP contribution >= 0.6 is 0 Å². The molecule has 1 aliphatic carbocycles. The minimum absolute atomic E-state index is 0.00954. The summed E-state index contributed by atoms with van der Waals surface area (Å²) in [5.74, 6) is -3.12. The zero-order chi connectivity index (χ0) is 11.5. The van der Waals surface area contributed by atoms with Gasteiger partial charge in [0.05, 0.1) is 0 Å². The Balaban J connectivity index is 2.85. The van der Waals surface area contributed by atoms with Crippen LogP contribution in [-0.2, 0) is 9.53 Å². The molecule has 0 radical (unpaired) electrons. The summed E-state index contributed by atoms with van der Waals surface area (Å²) >= 11 is 0. The van der Waals surface area contributed by atoms with E-state index in [0.29, 0.717) is 5.57 Å². The van der Waals surface area contributed by atoms with Gasteiger partial charge in [-0.15, -0.1) is 0 Å². The van der Waals surface area contributed by atoms with Gasteiger partial charge in [0.25, 0.3) is 0 Å². The van der Waals surface area contributed by atoms with Crippen LogP contribution in [0, 0.1) is 0 Å². The van der Waals surface area contributed by atoms with Crippen LogP contribution < -0.4 is 0 Å². The first-order valence-electron chi connectivity index (χ1n) is 4.27. The number of methoxy groups -OCH3 is 1. The lowest BCUT2D eigenvalue weighted by Gasteiger charge is -2.28. The van der Waals surface area contributed by atoms with E-state index in [1.54, 1.807) is 0 Å². The molecular weight excluding hydrogens is 200 g/mol. The minimum atomic E-state index is -1.76. The van der Waals surface area contributed by atoms with E-state index < -0.39 is 11.8 Å². The van der Waals surface area contributed by atoms with Crippen LogP contribution in [-0.4, -0.2) is 34.2 Å². The maximum atomic E-state index is 10.3. The van der Waals surface area contributed by atoms with Crippen LogP contribution in [0.25, 0.3) is 0 Å². The smallest absolute Gasteiger partial charge is 0.328 e. The fourth-order valence-corrected chi connectivity index (χ4v) is 1.21. The molecule has 5 heteroatoms. The van der Waals surface area contributed by atoms with Crippen molar-refractivity contribution in [3.05, 3.63) is 35.6 Å². The maximum Gasteiger partial charge on any atom is 0.328 e. The highest BCUT2D eigenvalue weighted by atomic mass is 16.6. The quantitative estimate of drug-likeness (QED) is 0.474. The number of allylic oxidation sites excluding steroid dienone is 3. The van der Waals surface area contributed by atoms with Gasteiger partial charge in [-0.3, -0.25) is 0 Å². The van der Waals surface area contributed by atoms with E-state index in [1.165, 1.54) is 25.3 Å². The number of carbonyl (C=O) groups is 1. The first-order chi connectivity index (χ1) is 6.98. The second kappa shape index (κ2) is 4.29. The number of ether oxygens (including phenoxy) is 1. The zero-order valence-electron chi connectivity index (χ0n) is 8.17. The highest BCUT2D eigenvalue weighted by Crippen LogP contribution is 2.28. The second-order valence-electron chi connectivity index (χ2n) is 3.13. The Hall–Kier alpha value is -1.59. The predicted molar refractivity (Wildman–Crippen MR) is 52.1 cm³/mol. The molecule has 1 rings (SSSR count). The third-order valence-electron chi connectivity index (χ3n) is 2.08. The van der Waals surface area contributed by atoms with Crippen LogP contribution in [0.1, 0.15) is 6.42 Å². The number of rotatable bonds is 3. The van der Waals surface area contributed by atoms with E-state index >= 15 is 0 Å². The molecule has 1 atom stereocenters. The Morgan fingerprint density at radius 1 is 1.60 bits per heavy atom. The second-order valence-corrected chi connectivity index (χ2v) is 3.13. The van der Waals surface area contributed by atoms with Gasteiger partial charge in [-0.2, -0.15) is 0 Å². The van der Waals surface area contributed by atoms with Crippen molar-refractivity contribution in [2.24, 2.45) is 0 Å². The topological polar surface area (TPSA) is 87.0 Å². The summed E-state index contributed by atoms with van der Waals surface area (Å²) in [5.41, 5.74) is 0.555. The number of hydrogen-bond acceptors (Lipinski definition) is 4. The molecule has 3 N–H and O–H groups in total. The summed E-state index contributed by atoms with van der Waals surface area (Å²) in [7, 11) is 1.26. The molecule has 0 amide bonds. The fraction of sp³-hybridized carbons (Fsp3) is 0.300. The molecule has 0 saturated heterocycles. The number of aliphatic carboxylic acids is 1. The van der Waals surface area contributed by atoms with Crippen molar-refractivity contribution in [3.8, 4) is 0 Å². The van der Waals surface area contributed by atoms with Crippen LogP contribution in [0.15, 0.2) is 35.6 Å². The molecular formula is C10H12O5. The lowest BCUT2D eigenvalue weighted by atomic mass is 9.97. The monoisotopic (exact) mass is 212 g/mol. The molecule has 0 heterocycles. The Morgan fingerprint density at radius 3 is 2.80 bits per heavy atom. The molecule has 0 aromatic rings. The largest absolute Gasteiger partial charge is 0.507 e. The minimum Gasteiger partial charge on any atom is -0.507 e. The van der Waals surface area contributed by atoms with Crippen molar-refractivity contribution >= 4 is 5.97 Å². The average Bonchev–Trinajstić information content (AvgIpc) is 2.20. The van der Waals surface area contributed by atoms with Crippen molar-refractivity contribution in [2.75, 3.05) is 7.11 Å². The summed E-state index contributed by atoms with van der Waals surface area (Å²) in [4.78, 5) is 10.3. The fourth-order valence-electron chi connectivity index (χ4n) is 1.21. The van der Waals surface area contributed by atoms with Crippen molar-refractivity contribution in [2.45, 2.75) is 12.2 Å². The molecule has 82 valence electrons. The molecule has 0 fully saturated rings. The van der Waals surface area contributed by atoms with E-state index in [0.717, 1.165) is 6.08 Å². The number of carboxylic acids is 1. The molecule has 0 saturated carbocycles. The van der Waals surface area contributed by atoms with Gasteiger partial charge in [0.1, 0.15) is 0 Å². The zero-order valence-corrected chi connectivity index (χ0v) is 8.17. The molecule has 0 aromatic carbocycles. The Bertz CT molecular complexity index is 353. The summed E-state index contributed by atoms with van der Waals surface area (Å²) in [5, 5.41) is 27.5. The highest BCUT2D eigenvalue weighted by Gasteiger charge is 2.34. The molecule has 5 nitrogen and oxygen atoms in total. The van der Waals surface area contributed by atoms with Crippen LogP contribution in [0.2, 0.25) is 0 Å². The summed E-state index contributed by atoms with van der Waals surface area (Å²) < 4.78 is 4.74. The molecule has 15 heavy (non-hydrogen) atoms. The van der Waals surface area contributed by atoms with Gasteiger partial charge in [-0.1, -0.05) is 12.2 Å². The van der Waals surface area contributed by atoms with E-state index in [1.807, 2.05) is 0 Å². The van der Waals surface area contributed by atoms with Gasteiger partial charge in [-0.25, -0.2) is 4.79 Å². The Morgan fingerprint density at radius 2 is 2.27 bits per heavy atom. The van der Waals surface area contributed by atoms with Gasteiger partial charge < -0.3 is 20.1 Å².